The first-order valence-corrected chi connectivity index (χ1v) is 8.91. The lowest BCUT2D eigenvalue weighted by Gasteiger charge is -2.21. The van der Waals surface area contributed by atoms with Gasteiger partial charge in [0.1, 0.15) is 5.82 Å². The van der Waals surface area contributed by atoms with Crippen LogP contribution >= 0.6 is 0 Å². The average molecular weight is 300 g/mol. The number of hydrogen-bond donors (Lipinski definition) is 1. The highest BCUT2D eigenvalue weighted by Crippen LogP contribution is 2.28. The Morgan fingerprint density at radius 1 is 1.25 bits per heavy atom. The third kappa shape index (κ3) is 3.58. The van der Waals surface area contributed by atoms with E-state index in [1.54, 1.807) is 4.57 Å². The number of aryl methyl sites for hydroxylation is 1. The summed E-state index contributed by atoms with van der Waals surface area (Å²) in [6, 6.07) is -0.0142. The molecule has 0 atom stereocenters. The Morgan fingerprint density at radius 2 is 1.90 bits per heavy atom. The van der Waals surface area contributed by atoms with E-state index in [0.717, 1.165) is 24.6 Å². The van der Waals surface area contributed by atoms with Gasteiger partial charge in [0.2, 0.25) is 0 Å². The highest BCUT2D eigenvalue weighted by Gasteiger charge is 2.23. The summed E-state index contributed by atoms with van der Waals surface area (Å²) < 4.78 is 24.7. The van der Waals surface area contributed by atoms with E-state index in [2.05, 4.69) is 10.2 Å². The smallest absolute Gasteiger partial charge is 0.273 e. The average Bonchev–Trinajstić information content (AvgIpc) is 2.81. The van der Waals surface area contributed by atoms with Gasteiger partial charge in [-0.15, -0.1) is 10.2 Å². The fourth-order valence-electron chi connectivity index (χ4n) is 3.00. The molecule has 0 spiro atoms. The zero-order valence-corrected chi connectivity index (χ0v) is 13.1. The quantitative estimate of drug-likeness (QED) is 0.900. The zero-order valence-electron chi connectivity index (χ0n) is 12.2. The predicted octanol–water partition coefficient (Wildman–Crippen LogP) is 2.02. The number of nitrogens with two attached hydrogens (primary N) is 1. The molecule has 0 aliphatic heterocycles. The van der Waals surface area contributed by atoms with Crippen molar-refractivity contribution < 1.29 is 8.42 Å². The third-order valence-corrected chi connectivity index (χ3v) is 4.79. The van der Waals surface area contributed by atoms with Crippen molar-refractivity contribution in [1.29, 1.82) is 0 Å². The molecule has 7 heteroatoms. The van der Waals surface area contributed by atoms with Gasteiger partial charge < -0.3 is 0 Å². The number of aromatic nitrogens is 3. The predicted molar refractivity (Wildman–Crippen MR) is 76.7 cm³/mol. The standard InChI is InChI=1S/C13H24N4O2S/c1-10(2)17-12(15-16-13(17)20(14,18)19)9-8-11-6-4-3-5-7-11/h10-11H,3-9H2,1-2H3,(H2,14,18,19). The van der Waals surface area contributed by atoms with Gasteiger partial charge in [0.05, 0.1) is 0 Å². The van der Waals surface area contributed by atoms with E-state index in [0.29, 0.717) is 0 Å². The Labute approximate surface area is 120 Å². The van der Waals surface area contributed by atoms with Crippen LogP contribution in [-0.4, -0.2) is 23.2 Å². The molecule has 0 unspecified atom stereocenters. The Bertz CT molecular complexity index is 545. The second-order valence-electron chi connectivity index (χ2n) is 5.95. The summed E-state index contributed by atoms with van der Waals surface area (Å²) in [7, 11) is -3.81. The van der Waals surface area contributed by atoms with E-state index in [4.69, 9.17) is 5.14 Å². The van der Waals surface area contributed by atoms with Crippen molar-refractivity contribution in [2.45, 2.75) is 70.0 Å². The molecular weight excluding hydrogens is 276 g/mol. The van der Waals surface area contributed by atoms with Crippen molar-refractivity contribution in [2.75, 3.05) is 0 Å². The molecule has 1 aliphatic carbocycles. The minimum Gasteiger partial charge on any atom is -0.298 e. The van der Waals surface area contributed by atoms with Crippen LogP contribution in [-0.2, 0) is 16.4 Å². The van der Waals surface area contributed by atoms with Crippen LogP contribution in [0.5, 0.6) is 0 Å². The molecule has 114 valence electrons. The molecule has 0 saturated heterocycles. The summed E-state index contributed by atoms with van der Waals surface area (Å²) >= 11 is 0. The van der Waals surface area contributed by atoms with Crippen molar-refractivity contribution in [1.82, 2.24) is 14.8 Å². The van der Waals surface area contributed by atoms with Gasteiger partial charge in [0, 0.05) is 12.5 Å². The maximum Gasteiger partial charge on any atom is 0.273 e. The first kappa shape index (κ1) is 15.4. The third-order valence-electron chi connectivity index (χ3n) is 4.01. The second kappa shape index (κ2) is 6.22. The van der Waals surface area contributed by atoms with Crippen molar-refractivity contribution in [2.24, 2.45) is 11.1 Å². The summed E-state index contributed by atoms with van der Waals surface area (Å²) in [6.07, 6.45) is 8.33. The molecule has 1 aromatic heterocycles. The Hall–Kier alpha value is -0.950. The minimum absolute atomic E-state index is 0.0142. The van der Waals surface area contributed by atoms with E-state index in [9.17, 15) is 8.42 Å². The first-order chi connectivity index (χ1) is 9.39. The fraction of sp³-hybridized carbons (Fsp3) is 0.846. The summed E-state index contributed by atoms with van der Waals surface area (Å²) in [6.45, 7) is 3.84. The zero-order chi connectivity index (χ0) is 14.8. The van der Waals surface area contributed by atoms with Gasteiger partial charge in [-0.05, 0) is 26.2 Å². The lowest BCUT2D eigenvalue weighted by molar-refractivity contribution is 0.334. The van der Waals surface area contributed by atoms with Crippen LogP contribution < -0.4 is 5.14 Å². The molecule has 20 heavy (non-hydrogen) atoms. The van der Waals surface area contributed by atoms with Crippen LogP contribution in [0.3, 0.4) is 0 Å². The van der Waals surface area contributed by atoms with Gasteiger partial charge in [0.25, 0.3) is 15.2 Å². The van der Waals surface area contributed by atoms with E-state index in [1.807, 2.05) is 13.8 Å². The molecule has 0 amide bonds. The number of hydrogen-bond acceptors (Lipinski definition) is 4. The van der Waals surface area contributed by atoms with Gasteiger partial charge in [-0.2, -0.15) is 0 Å². The van der Waals surface area contributed by atoms with Gasteiger partial charge in [-0.25, -0.2) is 13.6 Å². The molecule has 0 aromatic carbocycles. The van der Waals surface area contributed by atoms with Gasteiger partial charge in [0.15, 0.2) is 0 Å². The lowest BCUT2D eigenvalue weighted by atomic mass is 9.86. The number of nitrogens with zero attached hydrogens (tertiary/aromatic N) is 3. The largest absolute Gasteiger partial charge is 0.298 e. The topological polar surface area (TPSA) is 90.9 Å². The molecule has 0 bridgehead atoms. The first-order valence-electron chi connectivity index (χ1n) is 7.36. The molecule has 1 aromatic rings. The van der Waals surface area contributed by atoms with Crippen LogP contribution in [0.15, 0.2) is 5.16 Å². The molecule has 2 N–H and O–H groups in total. The Kier molecular flexibility index (Phi) is 4.80. The van der Waals surface area contributed by atoms with Crippen LogP contribution in [0.1, 0.15) is 64.2 Å². The summed E-state index contributed by atoms with van der Waals surface area (Å²) in [5.41, 5.74) is 0. The highest BCUT2D eigenvalue weighted by molar-refractivity contribution is 7.89. The van der Waals surface area contributed by atoms with E-state index >= 15 is 0 Å². The van der Waals surface area contributed by atoms with Crippen molar-refractivity contribution in [3.05, 3.63) is 5.82 Å². The molecule has 6 nitrogen and oxygen atoms in total. The van der Waals surface area contributed by atoms with Crippen molar-refractivity contribution in [3.63, 3.8) is 0 Å². The van der Waals surface area contributed by atoms with E-state index < -0.39 is 10.0 Å². The van der Waals surface area contributed by atoms with E-state index in [-0.39, 0.29) is 11.2 Å². The van der Waals surface area contributed by atoms with Crippen molar-refractivity contribution >= 4 is 10.0 Å². The van der Waals surface area contributed by atoms with Gasteiger partial charge in [-0.1, -0.05) is 32.1 Å². The molecule has 1 fully saturated rings. The Morgan fingerprint density at radius 3 is 2.45 bits per heavy atom. The van der Waals surface area contributed by atoms with Gasteiger partial charge >= 0.3 is 0 Å². The summed E-state index contributed by atoms with van der Waals surface area (Å²) in [5, 5.41) is 12.9. The normalized spacial score (nSPS) is 17.8. The second-order valence-corrected chi connectivity index (χ2v) is 7.41. The minimum atomic E-state index is -3.81. The number of rotatable bonds is 5. The van der Waals surface area contributed by atoms with Crippen LogP contribution in [0, 0.1) is 5.92 Å². The molecular formula is C13H24N4O2S. The highest BCUT2D eigenvalue weighted by atomic mass is 32.2. The van der Waals surface area contributed by atoms with Crippen LogP contribution in [0.25, 0.3) is 0 Å². The molecule has 1 aliphatic rings. The van der Waals surface area contributed by atoms with Crippen LogP contribution in [0.2, 0.25) is 0 Å². The summed E-state index contributed by atoms with van der Waals surface area (Å²) in [5.74, 6) is 1.47. The summed E-state index contributed by atoms with van der Waals surface area (Å²) in [4.78, 5) is 0. The Balaban J connectivity index is 2.13. The number of sulfonamides is 1. The monoisotopic (exact) mass is 300 g/mol. The maximum absolute atomic E-state index is 11.5. The molecule has 1 heterocycles. The fourth-order valence-corrected chi connectivity index (χ4v) is 3.74. The van der Waals surface area contributed by atoms with E-state index in [1.165, 1.54) is 32.1 Å². The van der Waals surface area contributed by atoms with Crippen LogP contribution in [0.4, 0.5) is 0 Å². The SMILES string of the molecule is CC(C)n1c(CCC2CCCCC2)nnc1S(N)(=O)=O. The van der Waals surface area contributed by atoms with Crippen molar-refractivity contribution in [3.8, 4) is 0 Å². The maximum atomic E-state index is 11.5. The van der Waals surface area contributed by atoms with Gasteiger partial charge in [-0.3, -0.25) is 4.57 Å². The molecule has 1 saturated carbocycles. The molecule has 2 rings (SSSR count). The number of primary sulfonamides is 1. The molecule has 0 radical (unpaired) electrons. The lowest BCUT2D eigenvalue weighted by Crippen LogP contribution is -2.21.